The highest BCUT2D eigenvalue weighted by Crippen LogP contribution is 2.34. The van der Waals surface area contributed by atoms with E-state index in [1.807, 2.05) is 0 Å². The monoisotopic (exact) mass is 350 g/mol. The number of ether oxygens (including phenoxy) is 2. The molecule has 0 aliphatic rings. The Morgan fingerprint density at radius 3 is 2.40 bits per heavy atom. The third-order valence-electron chi connectivity index (χ3n) is 3.49. The number of anilines is 1. The van der Waals surface area contributed by atoms with Gasteiger partial charge in [-0.1, -0.05) is 0 Å². The van der Waals surface area contributed by atoms with Crippen molar-refractivity contribution in [2.45, 2.75) is 6.54 Å². The zero-order chi connectivity index (χ0) is 18.6. The molecule has 0 aromatic heterocycles. The van der Waals surface area contributed by atoms with Gasteiger partial charge in [-0.25, -0.2) is 14.3 Å². The van der Waals surface area contributed by atoms with Gasteiger partial charge in [0.15, 0.2) is 17.4 Å². The zero-order valence-electron chi connectivity index (χ0n) is 13.5. The van der Waals surface area contributed by atoms with Crippen LogP contribution in [-0.2, 0) is 6.54 Å². The third kappa shape index (κ3) is 3.65. The SMILES string of the molecule is COc1ccc(N)c(N=N)c1CNC(=O)c1cc(F)c(OC)c(F)c1. The quantitative estimate of drug-likeness (QED) is 0.549. The Bertz CT molecular complexity index is 804. The van der Waals surface area contributed by atoms with Crippen LogP contribution < -0.4 is 20.5 Å². The maximum atomic E-state index is 13.7. The van der Waals surface area contributed by atoms with E-state index in [0.29, 0.717) is 11.3 Å². The van der Waals surface area contributed by atoms with Gasteiger partial charge in [-0.3, -0.25) is 4.79 Å². The predicted octanol–water partition coefficient (Wildman–Crippen LogP) is 3.16. The van der Waals surface area contributed by atoms with Gasteiger partial charge in [0.05, 0.1) is 19.9 Å². The average Bonchev–Trinajstić information content (AvgIpc) is 2.59. The Balaban J connectivity index is 2.26. The molecule has 0 radical (unpaired) electrons. The number of hydrogen-bond acceptors (Lipinski definition) is 6. The Kier molecular flexibility index (Phi) is 5.48. The van der Waals surface area contributed by atoms with Gasteiger partial charge in [0, 0.05) is 17.7 Å². The molecule has 0 saturated carbocycles. The van der Waals surface area contributed by atoms with Gasteiger partial charge in [-0.15, -0.1) is 0 Å². The molecule has 0 atom stereocenters. The molecule has 0 heterocycles. The molecule has 0 bridgehead atoms. The van der Waals surface area contributed by atoms with Crippen molar-refractivity contribution in [2.24, 2.45) is 5.11 Å². The average molecular weight is 350 g/mol. The predicted molar refractivity (Wildman–Crippen MR) is 86.3 cm³/mol. The molecular weight excluding hydrogens is 334 g/mol. The molecule has 0 aliphatic heterocycles. The minimum Gasteiger partial charge on any atom is -0.496 e. The molecule has 0 spiro atoms. The van der Waals surface area contributed by atoms with Crippen LogP contribution in [0.3, 0.4) is 0 Å². The second-order valence-corrected chi connectivity index (χ2v) is 4.95. The lowest BCUT2D eigenvalue weighted by Gasteiger charge is -2.13. The first-order valence-electron chi connectivity index (χ1n) is 7.07. The van der Waals surface area contributed by atoms with E-state index in [0.717, 1.165) is 19.2 Å². The Labute approximate surface area is 142 Å². The van der Waals surface area contributed by atoms with E-state index in [9.17, 15) is 13.6 Å². The lowest BCUT2D eigenvalue weighted by molar-refractivity contribution is 0.0949. The van der Waals surface area contributed by atoms with Crippen molar-refractivity contribution in [1.29, 1.82) is 5.53 Å². The van der Waals surface area contributed by atoms with Gasteiger partial charge in [0.1, 0.15) is 11.4 Å². The number of benzene rings is 2. The first-order chi connectivity index (χ1) is 11.9. The molecule has 2 aromatic rings. The minimum atomic E-state index is -0.990. The summed E-state index contributed by atoms with van der Waals surface area (Å²) in [5.74, 6) is -2.90. The van der Waals surface area contributed by atoms with Crippen LogP contribution in [0.5, 0.6) is 11.5 Å². The summed E-state index contributed by atoms with van der Waals surface area (Å²) in [6.07, 6.45) is 0. The van der Waals surface area contributed by atoms with Crippen LogP contribution in [0.4, 0.5) is 20.2 Å². The molecule has 0 aliphatic carbocycles. The summed E-state index contributed by atoms with van der Waals surface area (Å²) < 4.78 is 37.1. The van der Waals surface area contributed by atoms with Crippen LogP contribution in [0.25, 0.3) is 0 Å². The van der Waals surface area contributed by atoms with Crippen molar-refractivity contribution in [3.05, 3.63) is 47.0 Å². The van der Waals surface area contributed by atoms with Gasteiger partial charge in [-0.05, 0) is 24.3 Å². The maximum Gasteiger partial charge on any atom is 0.251 e. The number of nitrogens with two attached hydrogens (primary N) is 1. The van der Waals surface area contributed by atoms with E-state index in [4.69, 9.17) is 16.0 Å². The van der Waals surface area contributed by atoms with Gasteiger partial charge in [-0.2, -0.15) is 5.11 Å². The highest BCUT2D eigenvalue weighted by atomic mass is 19.1. The third-order valence-corrected chi connectivity index (χ3v) is 3.49. The lowest BCUT2D eigenvalue weighted by atomic mass is 10.1. The van der Waals surface area contributed by atoms with E-state index < -0.39 is 23.3 Å². The fourth-order valence-corrected chi connectivity index (χ4v) is 2.29. The standard InChI is InChI=1S/C16H16F2N4O3/c1-24-13-4-3-12(19)14(22-20)9(13)7-21-16(23)8-5-10(17)15(25-2)11(18)6-8/h3-6,20H,7,19H2,1-2H3,(H,21,23). The largest absolute Gasteiger partial charge is 0.496 e. The molecule has 1 amide bonds. The number of rotatable bonds is 6. The zero-order valence-corrected chi connectivity index (χ0v) is 13.5. The van der Waals surface area contributed by atoms with Crippen LogP contribution in [0.15, 0.2) is 29.4 Å². The maximum absolute atomic E-state index is 13.7. The van der Waals surface area contributed by atoms with Gasteiger partial charge >= 0.3 is 0 Å². The van der Waals surface area contributed by atoms with Gasteiger partial charge in [0.2, 0.25) is 0 Å². The first kappa shape index (κ1) is 18.1. The van der Waals surface area contributed by atoms with E-state index >= 15 is 0 Å². The van der Waals surface area contributed by atoms with E-state index in [2.05, 4.69) is 15.2 Å². The molecule has 2 rings (SSSR count). The molecule has 9 heteroatoms. The summed E-state index contributed by atoms with van der Waals surface area (Å²) in [5.41, 5.74) is 13.5. The highest BCUT2D eigenvalue weighted by Gasteiger charge is 2.18. The molecule has 25 heavy (non-hydrogen) atoms. The number of carbonyl (C=O) groups excluding carboxylic acids is 1. The smallest absolute Gasteiger partial charge is 0.251 e. The van der Waals surface area contributed by atoms with Crippen molar-refractivity contribution >= 4 is 17.3 Å². The van der Waals surface area contributed by atoms with Crippen molar-refractivity contribution in [2.75, 3.05) is 20.0 Å². The van der Waals surface area contributed by atoms with Crippen molar-refractivity contribution in [3.8, 4) is 11.5 Å². The summed E-state index contributed by atoms with van der Waals surface area (Å²) >= 11 is 0. The van der Waals surface area contributed by atoms with E-state index in [-0.39, 0.29) is 23.5 Å². The molecule has 2 aromatic carbocycles. The molecule has 0 unspecified atom stereocenters. The fraction of sp³-hybridized carbons (Fsp3) is 0.188. The molecule has 132 valence electrons. The summed E-state index contributed by atoms with van der Waals surface area (Å²) in [7, 11) is 2.54. The number of halogens is 2. The van der Waals surface area contributed by atoms with Crippen molar-refractivity contribution in [1.82, 2.24) is 5.32 Å². The second kappa shape index (κ2) is 7.56. The van der Waals surface area contributed by atoms with Crippen molar-refractivity contribution < 1.29 is 23.0 Å². The number of methoxy groups -OCH3 is 2. The summed E-state index contributed by atoms with van der Waals surface area (Å²) in [6, 6.07) is 4.82. The van der Waals surface area contributed by atoms with Gasteiger partial charge in [0.25, 0.3) is 5.91 Å². The highest BCUT2D eigenvalue weighted by molar-refractivity contribution is 5.94. The molecule has 4 N–H and O–H groups in total. The van der Waals surface area contributed by atoms with Crippen LogP contribution in [-0.4, -0.2) is 20.1 Å². The number of nitrogen functional groups attached to an aromatic ring is 1. The summed E-state index contributed by atoms with van der Waals surface area (Å²) in [4.78, 5) is 12.2. The number of amides is 1. The van der Waals surface area contributed by atoms with E-state index in [1.165, 1.54) is 13.2 Å². The summed E-state index contributed by atoms with van der Waals surface area (Å²) in [6.45, 7) is -0.0972. The van der Waals surface area contributed by atoms with Crippen molar-refractivity contribution in [3.63, 3.8) is 0 Å². The number of hydrogen-bond donors (Lipinski definition) is 3. The van der Waals surface area contributed by atoms with Gasteiger partial charge < -0.3 is 20.5 Å². The van der Waals surface area contributed by atoms with Crippen LogP contribution in [0.2, 0.25) is 0 Å². The topological polar surface area (TPSA) is 110 Å². The minimum absolute atomic E-state index is 0.0972. The molecule has 0 fully saturated rings. The Hall–Kier alpha value is -3.23. The Morgan fingerprint density at radius 1 is 1.24 bits per heavy atom. The fourth-order valence-electron chi connectivity index (χ4n) is 2.29. The van der Waals surface area contributed by atoms with Crippen LogP contribution in [0.1, 0.15) is 15.9 Å². The lowest BCUT2D eigenvalue weighted by Crippen LogP contribution is -2.23. The molecule has 0 saturated heterocycles. The number of nitrogens with one attached hydrogen (secondary N) is 2. The summed E-state index contributed by atoms with van der Waals surface area (Å²) in [5, 5.41) is 5.83. The number of nitrogens with zero attached hydrogens (tertiary/aromatic N) is 1. The van der Waals surface area contributed by atoms with Crippen LogP contribution in [0, 0.1) is 17.2 Å². The van der Waals surface area contributed by atoms with E-state index in [1.54, 1.807) is 6.07 Å². The molecule has 7 nitrogen and oxygen atoms in total. The normalized spacial score (nSPS) is 10.2. The van der Waals surface area contributed by atoms with Crippen LogP contribution >= 0.6 is 0 Å². The molecular formula is C16H16F2N4O3. The number of carbonyl (C=O) groups is 1. The Morgan fingerprint density at radius 2 is 1.88 bits per heavy atom. The second-order valence-electron chi connectivity index (χ2n) is 4.95. The first-order valence-corrected chi connectivity index (χ1v) is 7.07.